The van der Waals surface area contributed by atoms with Gasteiger partial charge < -0.3 is 31.7 Å². The predicted molar refractivity (Wildman–Crippen MR) is 99.9 cm³/mol. The largest absolute Gasteiger partial charge is 0.480 e. The molecule has 0 atom stereocenters. The van der Waals surface area contributed by atoms with Crippen LogP contribution in [0.25, 0.3) is 0 Å². The molecule has 1 aliphatic carbocycles. The Labute approximate surface area is 163 Å². The molecule has 0 spiro atoms. The Morgan fingerprint density at radius 2 is 1.82 bits per heavy atom. The smallest absolute Gasteiger partial charge is 0.323 e. The highest BCUT2D eigenvalue weighted by Gasteiger charge is 2.30. The summed E-state index contributed by atoms with van der Waals surface area (Å²) in [6, 6.07) is 0. The molecule has 11 heteroatoms. The number of amides is 3. The van der Waals surface area contributed by atoms with Gasteiger partial charge in [0, 0.05) is 25.6 Å². The average Bonchev–Trinajstić information content (AvgIpc) is 2.65. The summed E-state index contributed by atoms with van der Waals surface area (Å²) in [7, 11) is 0. The number of hydrogen-bond acceptors (Lipinski definition) is 5. The third kappa shape index (κ3) is 6.39. The number of carbonyl (C=O) groups is 4. The van der Waals surface area contributed by atoms with E-state index < -0.39 is 11.9 Å². The minimum atomic E-state index is -1.09. The molecule has 1 aliphatic heterocycles. The molecule has 11 nitrogen and oxygen atoms in total. The number of piperazine rings is 1. The Morgan fingerprint density at radius 1 is 1.14 bits per heavy atom. The lowest BCUT2D eigenvalue weighted by molar-refractivity contribution is -0.150. The number of nitrogens with two attached hydrogens (primary N) is 2. The van der Waals surface area contributed by atoms with Crippen molar-refractivity contribution in [2.45, 2.75) is 25.7 Å². The Hall–Kier alpha value is -2.85. The highest BCUT2D eigenvalue weighted by atomic mass is 16.4. The van der Waals surface area contributed by atoms with Crippen LogP contribution in [0.1, 0.15) is 25.7 Å². The van der Waals surface area contributed by atoms with Crippen molar-refractivity contribution in [2.24, 2.45) is 28.3 Å². The number of carboxylic acids is 1. The molecule has 2 rings (SSSR count). The third-order valence-electron chi connectivity index (χ3n) is 5.16. The number of aliphatic imine (C=N–C) groups is 1. The van der Waals surface area contributed by atoms with E-state index in [2.05, 4.69) is 10.3 Å². The van der Waals surface area contributed by atoms with E-state index in [9.17, 15) is 19.2 Å². The van der Waals surface area contributed by atoms with Gasteiger partial charge in [-0.3, -0.25) is 24.2 Å². The highest BCUT2D eigenvalue weighted by Crippen LogP contribution is 2.29. The van der Waals surface area contributed by atoms with Gasteiger partial charge in [-0.15, -0.1) is 0 Å². The molecule has 0 unspecified atom stereocenters. The van der Waals surface area contributed by atoms with E-state index in [0.717, 1.165) is 25.7 Å². The maximum atomic E-state index is 12.3. The van der Waals surface area contributed by atoms with Gasteiger partial charge >= 0.3 is 5.97 Å². The quantitative estimate of drug-likeness (QED) is 0.283. The van der Waals surface area contributed by atoms with Crippen molar-refractivity contribution >= 4 is 29.7 Å². The van der Waals surface area contributed by atoms with E-state index in [0.29, 0.717) is 12.5 Å². The summed E-state index contributed by atoms with van der Waals surface area (Å²) in [5.74, 6) is -1.72. The standard InChI is InChI=1S/C17H28N6O5/c18-17(19)21-7-11-1-3-12(4-2-11)16(28)20-8-13(24)22-5-6-23(10-15(26)27)14(25)9-22/h11-12H,1-10H2,(H,20,28)(H,26,27)(H4,18,19,21). The van der Waals surface area contributed by atoms with Crippen LogP contribution in [-0.2, 0) is 19.2 Å². The second-order valence-corrected chi connectivity index (χ2v) is 7.23. The normalized spacial score (nSPS) is 22.5. The van der Waals surface area contributed by atoms with Crippen LogP contribution in [0.5, 0.6) is 0 Å². The summed E-state index contributed by atoms with van der Waals surface area (Å²) in [5.41, 5.74) is 10.7. The van der Waals surface area contributed by atoms with Gasteiger partial charge in [0.1, 0.15) is 6.54 Å². The summed E-state index contributed by atoms with van der Waals surface area (Å²) in [6.45, 7) is 0.283. The molecule has 2 aliphatic rings. The van der Waals surface area contributed by atoms with Crippen molar-refractivity contribution in [1.29, 1.82) is 0 Å². The first kappa shape index (κ1) is 21.5. The summed E-state index contributed by atoms with van der Waals surface area (Å²) < 4.78 is 0. The minimum absolute atomic E-state index is 0.0701. The van der Waals surface area contributed by atoms with E-state index in [4.69, 9.17) is 16.6 Å². The molecular formula is C17H28N6O5. The van der Waals surface area contributed by atoms with E-state index in [1.54, 1.807) is 0 Å². The van der Waals surface area contributed by atoms with Gasteiger partial charge in [0.2, 0.25) is 17.7 Å². The van der Waals surface area contributed by atoms with Crippen molar-refractivity contribution < 1.29 is 24.3 Å². The predicted octanol–water partition coefficient (Wildman–Crippen LogP) is -2.06. The zero-order valence-electron chi connectivity index (χ0n) is 15.8. The zero-order chi connectivity index (χ0) is 20.7. The maximum Gasteiger partial charge on any atom is 0.323 e. The van der Waals surface area contributed by atoms with Gasteiger partial charge in [0.15, 0.2) is 5.96 Å². The third-order valence-corrected chi connectivity index (χ3v) is 5.16. The molecule has 2 fully saturated rings. The summed E-state index contributed by atoms with van der Waals surface area (Å²) >= 11 is 0. The number of rotatable bonds is 7. The highest BCUT2D eigenvalue weighted by molar-refractivity contribution is 5.90. The molecule has 1 saturated heterocycles. The van der Waals surface area contributed by atoms with Crippen molar-refractivity contribution in [2.75, 3.05) is 39.3 Å². The monoisotopic (exact) mass is 396 g/mol. The lowest BCUT2D eigenvalue weighted by Crippen LogP contribution is -2.55. The van der Waals surface area contributed by atoms with Crippen LogP contribution in [0.3, 0.4) is 0 Å². The summed E-state index contributed by atoms with van der Waals surface area (Å²) in [6.07, 6.45) is 3.14. The number of carboxylic acid groups (broad SMARTS) is 1. The molecule has 0 bridgehead atoms. The van der Waals surface area contributed by atoms with Gasteiger partial charge in [-0.1, -0.05) is 0 Å². The molecule has 0 radical (unpaired) electrons. The van der Waals surface area contributed by atoms with Gasteiger partial charge in [-0.25, -0.2) is 0 Å². The fourth-order valence-electron chi connectivity index (χ4n) is 3.51. The molecule has 0 aromatic rings. The number of hydrogen-bond donors (Lipinski definition) is 4. The van der Waals surface area contributed by atoms with E-state index in [-0.39, 0.29) is 56.4 Å². The second kappa shape index (κ2) is 9.90. The van der Waals surface area contributed by atoms with Crippen LogP contribution >= 0.6 is 0 Å². The molecule has 156 valence electrons. The molecular weight excluding hydrogens is 368 g/mol. The number of carbonyl (C=O) groups excluding carboxylic acids is 3. The first-order valence-electron chi connectivity index (χ1n) is 9.36. The number of nitrogens with one attached hydrogen (secondary N) is 1. The Morgan fingerprint density at radius 3 is 2.39 bits per heavy atom. The maximum absolute atomic E-state index is 12.3. The van der Waals surface area contributed by atoms with Gasteiger partial charge in [-0.2, -0.15) is 0 Å². The molecule has 1 heterocycles. The lowest BCUT2D eigenvalue weighted by atomic mass is 9.81. The van der Waals surface area contributed by atoms with Gasteiger partial charge in [-0.05, 0) is 31.6 Å². The Kier molecular flexibility index (Phi) is 7.59. The fourth-order valence-corrected chi connectivity index (χ4v) is 3.51. The van der Waals surface area contributed by atoms with E-state index >= 15 is 0 Å². The SMILES string of the molecule is NC(N)=NCC1CCC(C(=O)NCC(=O)N2CCN(CC(=O)O)C(=O)C2)CC1. The topological polar surface area (TPSA) is 171 Å². The van der Waals surface area contributed by atoms with Crippen molar-refractivity contribution in [3.05, 3.63) is 0 Å². The van der Waals surface area contributed by atoms with E-state index in [1.807, 2.05) is 0 Å². The van der Waals surface area contributed by atoms with Crippen molar-refractivity contribution in [3.8, 4) is 0 Å². The van der Waals surface area contributed by atoms with Crippen LogP contribution in [0.4, 0.5) is 0 Å². The number of nitrogens with zero attached hydrogens (tertiary/aromatic N) is 3. The molecule has 0 aromatic heterocycles. The van der Waals surface area contributed by atoms with Crippen LogP contribution in [0.15, 0.2) is 4.99 Å². The zero-order valence-corrected chi connectivity index (χ0v) is 15.8. The van der Waals surface area contributed by atoms with Crippen LogP contribution in [0, 0.1) is 11.8 Å². The Balaban J connectivity index is 1.70. The molecule has 1 saturated carbocycles. The van der Waals surface area contributed by atoms with Gasteiger partial charge in [0.25, 0.3) is 0 Å². The average molecular weight is 396 g/mol. The summed E-state index contributed by atoms with van der Waals surface area (Å²) in [4.78, 5) is 53.7. The first-order chi connectivity index (χ1) is 13.3. The fraction of sp³-hybridized carbons (Fsp3) is 0.706. The number of aliphatic carboxylic acids is 1. The summed E-state index contributed by atoms with van der Waals surface area (Å²) in [5, 5.41) is 11.4. The second-order valence-electron chi connectivity index (χ2n) is 7.23. The van der Waals surface area contributed by atoms with E-state index in [1.165, 1.54) is 9.80 Å². The van der Waals surface area contributed by atoms with Crippen LogP contribution in [-0.4, -0.2) is 83.8 Å². The molecule has 3 amide bonds. The Bertz CT molecular complexity index is 640. The van der Waals surface area contributed by atoms with Gasteiger partial charge in [0.05, 0.1) is 13.1 Å². The van der Waals surface area contributed by atoms with Crippen LogP contribution < -0.4 is 16.8 Å². The minimum Gasteiger partial charge on any atom is -0.480 e. The van der Waals surface area contributed by atoms with Crippen molar-refractivity contribution in [1.82, 2.24) is 15.1 Å². The molecule has 6 N–H and O–H groups in total. The molecule has 0 aromatic carbocycles. The van der Waals surface area contributed by atoms with Crippen molar-refractivity contribution in [3.63, 3.8) is 0 Å². The number of guanidine groups is 1. The lowest BCUT2D eigenvalue weighted by Gasteiger charge is -2.33. The van der Waals surface area contributed by atoms with Crippen LogP contribution in [0.2, 0.25) is 0 Å². The first-order valence-corrected chi connectivity index (χ1v) is 9.36. The molecule has 28 heavy (non-hydrogen) atoms.